The largest absolute Gasteiger partial charge is 0.319 e. The molecule has 0 saturated heterocycles. The number of aromatic nitrogens is 4. The molecular weight excluding hydrogens is 188 g/mol. The monoisotopic (exact) mass is 204 g/mol. The Balaban J connectivity index is 2.57. The van der Waals surface area contributed by atoms with Gasteiger partial charge in [0.1, 0.15) is 0 Å². The molecule has 0 aliphatic carbocycles. The van der Waals surface area contributed by atoms with Gasteiger partial charge in [-0.3, -0.25) is 0 Å². The van der Waals surface area contributed by atoms with E-state index in [9.17, 15) is 0 Å². The molecule has 0 unspecified atom stereocenters. The third-order valence-electron chi connectivity index (χ3n) is 2.44. The Bertz CT molecular complexity index is 465. The molecule has 0 aromatic carbocycles. The SMILES string of the molecule is Cc1cc(C(C)C)n(-c2nccn2C)n1. The van der Waals surface area contributed by atoms with Gasteiger partial charge in [0.25, 0.3) is 0 Å². The zero-order valence-electron chi connectivity index (χ0n) is 9.60. The van der Waals surface area contributed by atoms with Gasteiger partial charge >= 0.3 is 0 Å². The van der Waals surface area contributed by atoms with Crippen molar-refractivity contribution in [2.24, 2.45) is 7.05 Å². The van der Waals surface area contributed by atoms with Crippen LogP contribution >= 0.6 is 0 Å². The van der Waals surface area contributed by atoms with Gasteiger partial charge in [0.05, 0.1) is 11.4 Å². The van der Waals surface area contributed by atoms with Gasteiger partial charge in [0, 0.05) is 19.4 Å². The van der Waals surface area contributed by atoms with Crippen LogP contribution in [0, 0.1) is 6.92 Å². The molecule has 0 spiro atoms. The standard InChI is InChI=1S/C11H16N4/c1-8(2)10-7-9(3)13-15(10)11-12-5-6-14(11)4/h5-8H,1-4H3. The average Bonchev–Trinajstić information content (AvgIpc) is 2.71. The minimum atomic E-state index is 0.447. The fourth-order valence-corrected chi connectivity index (χ4v) is 1.65. The van der Waals surface area contributed by atoms with Crippen molar-refractivity contribution in [2.45, 2.75) is 26.7 Å². The summed E-state index contributed by atoms with van der Waals surface area (Å²) in [7, 11) is 1.98. The molecule has 0 atom stereocenters. The van der Waals surface area contributed by atoms with Gasteiger partial charge in [-0.05, 0) is 18.9 Å². The Morgan fingerprint density at radius 3 is 2.60 bits per heavy atom. The predicted octanol–water partition coefficient (Wildman–Crippen LogP) is 2.04. The molecule has 4 nitrogen and oxygen atoms in total. The summed E-state index contributed by atoms with van der Waals surface area (Å²) in [6.45, 7) is 6.33. The average molecular weight is 204 g/mol. The zero-order chi connectivity index (χ0) is 11.0. The summed E-state index contributed by atoms with van der Waals surface area (Å²) < 4.78 is 3.89. The minimum absolute atomic E-state index is 0.447. The molecule has 2 aromatic heterocycles. The van der Waals surface area contributed by atoms with Crippen LogP contribution in [-0.4, -0.2) is 19.3 Å². The zero-order valence-corrected chi connectivity index (χ0v) is 9.60. The second kappa shape index (κ2) is 3.53. The maximum Gasteiger partial charge on any atom is 0.230 e. The topological polar surface area (TPSA) is 35.6 Å². The molecule has 80 valence electrons. The summed E-state index contributed by atoms with van der Waals surface area (Å²) in [6.07, 6.45) is 3.72. The first-order valence-electron chi connectivity index (χ1n) is 5.14. The molecule has 0 bridgehead atoms. The smallest absolute Gasteiger partial charge is 0.230 e. The molecule has 0 N–H and O–H groups in total. The van der Waals surface area contributed by atoms with Gasteiger partial charge in [-0.15, -0.1) is 0 Å². The molecule has 2 heterocycles. The van der Waals surface area contributed by atoms with E-state index in [-0.39, 0.29) is 0 Å². The van der Waals surface area contributed by atoms with Crippen LogP contribution in [0.25, 0.3) is 5.95 Å². The van der Waals surface area contributed by atoms with E-state index in [2.05, 4.69) is 30.0 Å². The van der Waals surface area contributed by atoms with Gasteiger partial charge in [0.15, 0.2) is 0 Å². The first-order valence-corrected chi connectivity index (χ1v) is 5.14. The van der Waals surface area contributed by atoms with Crippen LogP contribution in [0.1, 0.15) is 31.2 Å². The van der Waals surface area contributed by atoms with E-state index in [4.69, 9.17) is 0 Å². The van der Waals surface area contributed by atoms with Crippen LogP contribution in [0.15, 0.2) is 18.5 Å². The summed E-state index contributed by atoms with van der Waals surface area (Å²) in [5.41, 5.74) is 2.23. The molecule has 2 rings (SSSR count). The molecular formula is C11H16N4. The Labute approximate surface area is 89.6 Å². The number of aryl methyl sites for hydroxylation is 2. The number of nitrogens with zero attached hydrogens (tertiary/aromatic N) is 4. The van der Waals surface area contributed by atoms with Gasteiger partial charge in [-0.1, -0.05) is 13.8 Å². The maximum atomic E-state index is 4.47. The van der Waals surface area contributed by atoms with Crippen molar-refractivity contribution in [3.8, 4) is 5.95 Å². The van der Waals surface area contributed by atoms with Crippen LogP contribution in [-0.2, 0) is 7.05 Å². The fraction of sp³-hybridized carbons (Fsp3) is 0.455. The minimum Gasteiger partial charge on any atom is -0.319 e. The highest BCUT2D eigenvalue weighted by molar-refractivity contribution is 5.22. The van der Waals surface area contributed by atoms with Gasteiger partial charge in [-0.2, -0.15) is 5.10 Å². The van der Waals surface area contributed by atoms with E-state index in [0.29, 0.717) is 5.92 Å². The van der Waals surface area contributed by atoms with Crippen LogP contribution < -0.4 is 0 Å². The number of rotatable bonds is 2. The van der Waals surface area contributed by atoms with E-state index >= 15 is 0 Å². The first kappa shape index (κ1) is 9.96. The van der Waals surface area contributed by atoms with E-state index in [1.807, 2.05) is 29.4 Å². The highest BCUT2D eigenvalue weighted by Gasteiger charge is 2.13. The maximum absolute atomic E-state index is 4.47. The van der Waals surface area contributed by atoms with Crippen molar-refractivity contribution >= 4 is 0 Å². The quantitative estimate of drug-likeness (QED) is 0.750. The molecule has 0 aliphatic rings. The third-order valence-corrected chi connectivity index (χ3v) is 2.44. The van der Waals surface area contributed by atoms with Crippen molar-refractivity contribution in [1.29, 1.82) is 0 Å². The van der Waals surface area contributed by atoms with Crippen molar-refractivity contribution < 1.29 is 0 Å². The lowest BCUT2D eigenvalue weighted by Gasteiger charge is -2.08. The molecule has 0 radical (unpaired) electrons. The second-order valence-electron chi connectivity index (χ2n) is 4.12. The second-order valence-corrected chi connectivity index (χ2v) is 4.12. The lowest BCUT2D eigenvalue weighted by Crippen LogP contribution is -2.09. The third kappa shape index (κ3) is 1.67. The van der Waals surface area contributed by atoms with Crippen LogP contribution in [0.4, 0.5) is 0 Å². The van der Waals surface area contributed by atoms with Crippen molar-refractivity contribution in [2.75, 3.05) is 0 Å². The number of imidazole rings is 1. The fourth-order valence-electron chi connectivity index (χ4n) is 1.65. The van der Waals surface area contributed by atoms with E-state index in [0.717, 1.165) is 11.6 Å². The van der Waals surface area contributed by atoms with E-state index in [1.54, 1.807) is 6.20 Å². The molecule has 0 fully saturated rings. The lowest BCUT2D eigenvalue weighted by atomic mass is 10.1. The number of hydrogen-bond acceptors (Lipinski definition) is 2. The Morgan fingerprint density at radius 2 is 2.07 bits per heavy atom. The Kier molecular flexibility index (Phi) is 2.34. The van der Waals surface area contributed by atoms with E-state index < -0.39 is 0 Å². The highest BCUT2D eigenvalue weighted by Crippen LogP contribution is 2.18. The molecule has 0 amide bonds. The van der Waals surface area contributed by atoms with Gasteiger partial charge in [0.2, 0.25) is 5.95 Å². The van der Waals surface area contributed by atoms with Crippen molar-refractivity contribution in [3.05, 3.63) is 29.8 Å². The predicted molar refractivity (Wildman–Crippen MR) is 59.2 cm³/mol. The van der Waals surface area contributed by atoms with Crippen molar-refractivity contribution in [3.63, 3.8) is 0 Å². The van der Waals surface area contributed by atoms with E-state index in [1.165, 1.54) is 5.69 Å². The van der Waals surface area contributed by atoms with Crippen LogP contribution in [0.3, 0.4) is 0 Å². The summed E-state index contributed by atoms with van der Waals surface area (Å²) in [4.78, 5) is 4.31. The molecule has 0 saturated carbocycles. The van der Waals surface area contributed by atoms with Gasteiger partial charge < -0.3 is 4.57 Å². The van der Waals surface area contributed by atoms with Crippen LogP contribution in [0.2, 0.25) is 0 Å². The highest BCUT2D eigenvalue weighted by atomic mass is 15.4. The number of hydrogen-bond donors (Lipinski definition) is 0. The summed E-state index contributed by atoms with van der Waals surface area (Å²) in [6, 6.07) is 2.11. The van der Waals surface area contributed by atoms with Crippen LogP contribution in [0.5, 0.6) is 0 Å². The summed E-state index contributed by atoms with van der Waals surface area (Å²) >= 11 is 0. The molecule has 4 heteroatoms. The van der Waals surface area contributed by atoms with Gasteiger partial charge in [-0.25, -0.2) is 9.67 Å². The summed E-state index contributed by atoms with van der Waals surface area (Å²) in [5, 5.41) is 4.47. The molecule has 15 heavy (non-hydrogen) atoms. The molecule has 2 aromatic rings. The van der Waals surface area contributed by atoms with Crippen molar-refractivity contribution in [1.82, 2.24) is 19.3 Å². The molecule has 0 aliphatic heterocycles. The summed E-state index contributed by atoms with van der Waals surface area (Å²) in [5.74, 6) is 1.31. The Hall–Kier alpha value is -1.58. The normalized spacial score (nSPS) is 11.3. The first-order chi connectivity index (χ1) is 7.09. The lowest BCUT2D eigenvalue weighted by molar-refractivity contribution is 0.676. The Morgan fingerprint density at radius 1 is 1.33 bits per heavy atom.